The van der Waals surface area contributed by atoms with Crippen LogP contribution in [0.5, 0.6) is 0 Å². The number of amides is 1. The molecular weight excluding hydrogens is 244 g/mol. The molecule has 2 atom stereocenters. The summed E-state index contributed by atoms with van der Waals surface area (Å²) in [4.78, 5) is 25.3. The predicted octanol–water partition coefficient (Wildman–Crippen LogP) is 1.62. The maximum atomic E-state index is 12.2. The molecule has 0 aliphatic carbocycles. The first-order chi connectivity index (χ1) is 8.94. The van der Waals surface area contributed by atoms with Crippen LogP contribution in [-0.4, -0.2) is 46.6 Å². The largest absolute Gasteiger partial charge is 0.480 e. The van der Waals surface area contributed by atoms with Gasteiger partial charge in [0.25, 0.3) is 0 Å². The molecule has 0 aromatic rings. The van der Waals surface area contributed by atoms with Crippen LogP contribution in [0.4, 0.5) is 0 Å². The molecule has 5 nitrogen and oxygen atoms in total. The fourth-order valence-corrected chi connectivity index (χ4v) is 2.48. The van der Waals surface area contributed by atoms with Gasteiger partial charge in [-0.2, -0.15) is 0 Å². The quantitative estimate of drug-likeness (QED) is 0.769. The fourth-order valence-electron chi connectivity index (χ4n) is 2.48. The van der Waals surface area contributed by atoms with Crippen molar-refractivity contribution in [3.63, 3.8) is 0 Å². The number of rotatable bonds is 6. The third-order valence-electron chi connectivity index (χ3n) is 4.23. The molecule has 0 radical (unpaired) electrons. The van der Waals surface area contributed by atoms with Gasteiger partial charge in [-0.15, -0.1) is 0 Å². The monoisotopic (exact) mass is 270 g/mol. The van der Waals surface area contributed by atoms with E-state index in [1.807, 2.05) is 4.90 Å². The maximum absolute atomic E-state index is 12.2. The molecular formula is C14H26N2O3. The lowest BCUT2D eigenvalue weighted by atomic mass is 9.98. The summed E-state index contributed by atoms with van der Waals surface area (Å²) in [6, 6.07) is 0.320. The highest BCUT2D eigenvalue weighted by atomic mass is 16.4. The molecule has 5 heteroatoms. The molecule has 0 saturated carbocycles. The molecule has 1 aliphatic rings. The van der Waals surface area contributed by atoms with Gasteiger partial charge in [-0.3, -0.25) is 14.9 Å². The molecule has 19 heavy (non-hydrogen) atoms. The Hall–Kier alpha value is -1.10. The number of carbonyl (C=O) groups is 2. The Balaban J connectivity index is 2.56. The second-order valence-electron chi connectivity index (χ2n) is 5.49. The number of carbonyl (C=O) groups excluding carboxylic acids is 1. The van der Waals surface area contributed by atoms with E-state index in [0.717, 1.165) is 25.8 Å². The summed E-state index contributed by atoms with van der Waals surface area (Å²) in [7, 11) is 0. The molecule has 1 aliphatic heterocycles. The Kier molecular flexibility index (Phi) is 5.79. The molecule has 1 rings (SSSR count). The number of carboxylic acid groups (broad SMARTS) is 1. The molecule has 1 amide bonds. The minimum absolute atomic E-state index is 0.0208. The molecule has 1 fully saturated rings. The summed E-state index contributed by atoms with van der Waals surface area (Å²) >= 11 is 0. The number of nitrogens with zero attached hydrogens (tertiary/aromatic N) is 1. The summed E-state index contributed by atoms with van der Waals surface area (Å²) < 4.78 is 0. The SMILES string of the molecule is CCC1CCCCN1C(=O)CNC(C)(CC)C(=O)O. The first-order valence-corrected chi connectivity index (χ1v) is 7.22. The van der Waals surface area contributed by atoms with E-state index in [2.05, 4.69) is 12.2 Å². The summed E-state index contributed by atoms with van der Waals surface area (Å²) in [6.07, 6.45) is 4.71. The highest BCUT2D eigenvalue weighted by Gasteiger charge is 2.32. The number of aliphatic carboxylic acids is 1. The lowest BCUT2D eigenvalue weighted by Gasteiger charge is -2.36. The molecule has 2 unspecified atom stereocenters. The van der Waals surface area contributed by atoms with Crippen LogP contribution < -0.4 is 5.32 Å². The standard InChI is InChI=1S/C14H26N2O3/c1-4-11-8-6-7-9-16(11)12(17)10-15-14(3,5-2)13(18)19/h11,15H,4-10H2,1-3H3,(H,18,19). The molecule has 1 saturated heterocycles. The van der Waals surface area contributed by atoms with Crippen LogP contribution in [0.1, 0.15) is 52.9 Å². The lowest BCUT2D eigenvalue weighted by molar-refractivity contribution is -0.145. The van der Waals surface area contributed by atoms with E-state index >= 15 is 0 Å². The molecule has 0 bridgehead atoms. The molecule has 0 aromatic carbocycles. The van der Waals surface area contributed by atoms with Crippen LogP contribution in [0.25, 0.3) is 0 Å². The number of hydrogen-bond donors (Lipinski definition) is 2. The Morgan fingerprint density at radius 1 is 1.37 bits per heavy atom. The number of carboxylic acids is 1. The van der Waals surface area contributed by atoms with Crippen LogP contribution >= 0.6 is 0 Å². The third kappa shape index (κ3) is 3.93. The number of likely N-dealkylation sites (tertiary alicyclic amines) is 1. The van der Waals surface area contributed by atoms with Crippen LogP contribution in [0.2, 0.25) is 0 Å². The average Bonchev–Trinajstić information content (AvgIpc) is 2.43. The van der Waals surface area contributed by atoms with Crippen molar-refractivity contribution in [2.24, 2.45) is 0 Å². The zero-order chi connectivity index (χ0) is 14.5. The Morgan fingerprint density at radius 3 is 2.58 bits per heavy atom. The van der Waals surface area contributed by atoms with Crippen molar-refractivity contribution >= 4 is 11.9 Å². The Morgan fingerprint density at radius 2 is 2.05 bits per heavy atom. The number of nitrogens with one attached hydrogen (secondary N) is 1. The molecule has 110 valence electrons. The van der Waals surface area contributed by atoms with Crippen LogP contribution in [0.15, 0.2) is 0 Å². The molecule has 1 heterocycles. The van der Waals surface area contributed by atoms with Crippen LogP contribution in [0, 0.1) is 0 Å². The molecule has 0 aromatic heterocycles. The average molecular weight is 270 g/mol. The van der Waals surface area contributed by atoms with E-state index in [0.29, 0.717) is 12.5 Å². The lowest BCUT2D eigenvalue weighted by Crippen LogP contribution is -2.54. The van der Waals surface area contributed by atoms with Gasteiger partial charge >= 0.3 is 5.97 Å². The fraction of sp³-hybridized carbons (Fsp3) is 0.857. The van der Waals surface area contributed by atoms with Gasteiger partial charge in [-0.25, -0.2) is 0 Å². The first kappa shape index (κ1) is 16.0. The van der Waals surface area contributed by atoms with Gasteiger partial charge < -0.3 is 10.0 Å². The van der Waals surface area contributed by atoms with Gasteiger partial charge in [0.2, 0.25) is 5.91 Å². The smallest absolute Gasteiger partial charge is 0.323 e. The topological polar surface area (TPSA) is 69.6 Å². The van der Waals surface area contributed by atoms with E-state index in [9.17, 15) is 9.59 Å². The maximum Gasteiger partial charge on any atom is 0.323 e. The summed E-state index contributed by atoms with van der Waals surface area (Å²) in [6.45, 7) is 6.43. The second kappa shape index (κ2) is 6.89. The summed E-state index contributed by atoms with van der Waals surface area (Å²) in [5, 5.41) is 12.1. The van der Waals surface area contributed by atoms with Crippen molar-refractivity contribution < 1.29 is 14.7 Å². The van der Waals surface area contributed by atoms with Gasteiger partial charge in [0.1, 0.15) is 5.54 Å². The van der Waals surface area contributed by atoms with E-state index in [1.54, 1.807) is 13.8 Å². The van der Waals surface area contributed by atoms with Gasteiger partial charge in [0.05, 0.1) is 6.54 Å². The highest BCUT2D eigenvalue weighted by Crippen LogP contribution is 2.19. The van der Waals surface area contributed by atoms with Crippen LogP contribution in [-0.2, 0) is 9.59 Å². The van der Waals surface area contributed by atoms with Crippen molar-refractivity contribution in [1.29, 1.82) is 0 Å². The van der Waals surface area contributed by atoms with Crippen LogP contribution in [0.3, 0.4) is 0 Å². The zero-order valence-electron chi connectivity index (χ0n) is 12.2. The number of piperidine rings is 1. The van der Waals surface area contributed by atoms with E-state index in [-0.39, 0.29) is 12.5 Å². The minimum atomic E-state index is -1.02. The van der Waals surface area contributed by atoms with E-state index in [1.165, 1.54) is 6.42 Å². The summed E-state index contributed by atoms with van der Waals surface area (Å²) in [5.41, 5.74) is -1.02. The molecule has 2 N–H and O–H groups in total. The predicted molar refractivity (Wildman–Crippen MR) is 74.0 cm³/mol. The van der Waals surface area contributed by atoms with Gasteiger partial charge in [-0.1, -0.05) is 13.8 Å². The van der Waals surface area contributed by atoms with Gasteiger partial charge in [0, 0.05) is 12.6 Å². The van der Waals surface area contributed by atoms with E-state index in [4.69, 9.17) is 5.11 Å². The Labute approximate surface area is 115 Å². The zero-order valence-corrected chi connectivity index (χ0v) is 12.2. The number of hydrogen-bond acceptors (Lipinski definition) is 3. The minimum Gasteiger partial charge on any atom is -0.480 e. The van der Waals surface area contributed by atoms with Crippen molar-refractivity contribution in [2.75, 3.05) is 13.1 Å². The second-order valence-corrected chi connectivity index (χ2v) is 5.49. The Bertz CT molecular complexity index is 333. The van der Waals surface area contributed by atoms with Crippen molar-refractivity contribution in [2.45, 2.75) is 64.5 Å². The normalized spacial score (nSPS) is 22.9. The summed E-state index contributed by atoms with van der Waals surface area (Å²) in [5.74, 6) is -0.888. The first-order valence-electron chi connectivity index (χ1n) is 7.22. The van der Waals surface area contributed by atoms with Crippen molar-refractivity contribution in [3.8, 4) is 0 Å². The van der Waals surface area contributed by atoms with Crippen molar-refractivity contribution in [3.05, 3.63) is 0 Å². The van der Waals surface area contributed by atoms with Gasteiger partial charge in [-0.05, 0) is 39.0 Å². The highest BCUT2D eigenvalue weighted by molar-refractivity contribution is 5.82. The van der Waals surface area contributed by atoms with Crippen molar-refractivity contribution in [1.82, 2.24) is 10.2 Å². The van der Waals surface area contributed by atoms with Gasteiger partial charge in [0.15, 0.2) is 0 Å². The molecule has 0 spiro atoms. The van der Waals surface area contributed by atoms with E-state index < -0.39 is 11.5 Å². The third-order valence-corrected chi connectivity index (χ3v) is 4.23.